The summed E-state index contributed by atoms with van der Waals surface area (Å²) in [4.78, 5) is 0.136. The molecule has 118 valence electrons. The fraction of sp³-hybridized carbons (Fsp3) is 0.200. The Morgan fingerprint density at radius 3 is 2.00 bits per heavy atom. The monoisotopic (exact) mass is 359 g/mol. The molecular weight excluding hydrogens is 345 g/mol. The maximum atomic E-state index is 12.3. The topological polar surface area (TPSA) is 66.4 Å². The molecule has 0 aliphatic carbocycles. The minimum Gasteiger partial charge on any atom is -0.505 e. The van der Waals surface area contributed by atoms with Crippen molar-refractivity contribution in [1.82, 2.24) is 0 Å². The van der Waals surface area contributed by atoms with Crippen molar-refractivity contribution >= 4 is 38.9 Å². The second-order valence-electron chi connectivity index (χ2n) is 5.12. The molecule has 0 aliphatic heterocycles. The zero-order valence-corrected chi connectivity index (χ0v) is 14.3. The quantitative estimate of drug-likeness (QED) is 0.782. The van der Waals surface area contributed by atoms with E-state index >= 15 is 0 Å². The molecule has 2 aromatic rings. The Morgan fingerprint density at radius 1 is 1.05 bits per heavy atom. The molecule has 0 amide bonds. The van der Waals surface area contributed by atoms with Gasteiger partial charge in [-0.1, -0.05) is 49.2 Å². The van der Waals surface area contributed by atoms with Gasteiger partial charge < -0.3 is 5.11 Å². The lowest BCUT2D eigenvalue weighted by Crippen LogP contribution is -2.13. The molecule has 0 aliphatic rings. The van der Waals surface area contributed by atoms with Crippen LogP contribution < -0.4 is 4.72 Å². The van der Waals surface area contributed by atoms with Gasteiger partial charge in [0.15, 0.2) is 5.75 Å². The molecule has 2 aromatic carbocycles. The summed E-state index contributed by atoms with van der Waals surface area (Å²) < 4.78 is 27.0. The minimum atomic E-state index is -3.75. The molecule has 0 fully saturated rings. The number of nitrogens with one attached hydrogen (secondary N) is 1. The predicted octanol–water partition coefficient (Wildman–Crippen LogP) is 4.62. The Morgan fingerprint density at radius 2 is 1.55 bits per heavy atom. The van der Waals surface area contributed by atoms with Crippen molar-refractivity contribution in [3.8, 4) is 5.75 Å². The van der Waals surface area contributed by atoms with Crippen LogP contribution >= 0.6 is 23.2 Å². The van der Waals surface area contributed by atoms with Gasteiger partial charge in [-0.05, 0) is 35.7 Å². The second kappa shape index (κ2) is 6.36. The first kappa shape index (κ1) is 16.9. The smallest absolute Gasteiger partial charge is 0.261 e. The second-order valence-corrected chi connectivity index (χ2v) is 7.61. The summed E-state index contributed by atoms with van der Waals surface area (Å²) in [7, 11) is -3.75. The largest absolute Gasteiger partial charge is 0.505 e. The normalized spacial score (nSPS) is 11.7. The Hall–Kier alpha value is -1.43. The Bertz CT molecular complexity index is 764. The summed E-state index contributed by atoms with van der Waals surface area (Å²) >= 11 is 11.6. The summed E-state index contributed by atoms with van der Waals surface area (Å²) in [6.45, 7) is 4.06. The van der Waals surface area contributed by atoms with Gasteiger partial charge in [0.05, 0.1) is 20.6 Å². The van der Waals surface area contributed by atoms with Crippen LogP contribution in [0, 0.1) is 0 Å². The van der Waals surface area contributed by atoms with E-state index in [1.54, 1.807) is 24.3 Å². The molecule has 2 rings (SSSR count). The van der Waals surface area contributed by atoms with Crippen LogP contribution in [0.15, 0.2) is 41.3 Å². The Balaban J connectivity index is 2.31. The van der Waals surface area contributed by atoms with E-state index in [-0.39, 0.29) is 26.4 Å². The van der Waals surface area contributed by atoms with Gasteiger partial charge in [0.1, 0.15) is 0 Å². The van der Waals surface area contributed by atoms with Gasteiger partial charge in [0.2, 0.25) is 0 Å². The summed E-state index contributed by atoms with van der Waals surface area (Å²) in [6, 6.07) is 9.22. The first-order valence-corrected chi connectivity index (χ1v) is 8.75. The summed E-state index contributed by atoms with van der Waals surface area (Å²) in [6.07, 6.45) is 0. The van der Waals surface area contributed by atoms with E-state index in [9.17, 15) is 13.5 Å². The molecule has 0 saturated heterocycles. The lowest BCUT2D eigenvalue weighted by atomic mass is 10.0. The van der Waals surface area contributed by atoms with Crippen molar-refractivity contribution in [3.05, 3.63) is 52.0 Å². The Labute approximate surface area is 139 Å². The van der Waals surface area contributed by atoms with E-state index in [2.05, 4.69) is 4.72 Å². The average molecular weight is 360 g/mol. The van der Waals surface area contributed by atoms with Crippen molar-refractivity contribution in [2.24, 2.45) is 0 Å². The van der Waals surface area contributed by atoms with Crippen LogP contribution in [0.3, 0.4) is 0 Å². The van der Waals surface area contributed by atoms with Crippen LogP contribution in [0.4, 0.5) is 5.69 Å². The van der Waals surface area contributed by atoms with E-state index < -0.39 is 10.0 Å². The van der Waals surface area contributed by atoms with Gasteiger partial charge in [-0.25, -0.2) is 8.42 Å². The molecule has 0 saturated carbocycles. The molecule has 0 spiro atoms. The van der Waals surface area contributed by atoms with Crippen molar-refractivity contribution in [1.29, 1.82) is 0 Å². The zero-order chi connectivity index (χ0) is 16.5. The highest BCUT2D eigenvalue weighted by Gasteiger charge is 2.16. The van der Waals surface area contributed by atoms with Crippen molar-refractivity contribution in [3.63, 3.8) is 0 Å². The van der Waals surface area contributed by atoms with Crippen LogP contribution in [0.5, 0.6) is 5.75 Å². The Kier molecular flexibility index (Phi) is 4.90. The molecule has 0 atom stereocenters. The highest BCUT2D eigenvalue weighted by atomic mass is 35.5. The van der Waals surface area contributed by atoms with E-state index in [1.165, 1.54) is 12.1 Å². The molecule has 0 aromatic heterocycles. The average Bonchev–Trinajstić information content (AvgIpc) is 2.44. The number of hydrogen-bond donors (Lipinski definition) is 2. The van der Waals surface area contributed by atoms with Crippen LogP contribution in [0.1, 0.15) is 25.3 Å². The highest BCUT2D eigenvalue weighted by molar-refractivity contribution is 7.92. The van der Waals surface area contributed by atoms with Gasteiger partial charge >= 0.3 is 0 Å². The third kappa shape index (κ3) is 3.66. The number of rotatable bonds is 4. The van der Waals surface area contributed by atoms with Crippen molar-refractivity contribution < 1.29 is 13.5 Å². The molecule has 0 unspecified atom stereocenters. The molecule has 7 heteroatoms. The van der Waals surface area contributed by atoms with Gasteiger partial charge in [-0.15, -0.1) is 0 Å². The third-order valence-corrected chi connectivity index (χ3v) is 5.10. The van der Waals surface area contributed by atoms with E-state index in [1.807, 2.05) is 13.8 Å². The number of sulfonamides is 1. The fourth-order valence-corrected chi connectivity index (χ4v) is 3.40. The zero-order valence-electron chi connectivity index (χ0n) is 12.0. The van der Waals surface area contributed by atoms with E-state index in [0.29, 0.717) is 5.92 Å². The van der Waals surface area contributed by atoms with Crippen LogP contribution in [-0.4, -0.2) is 13.5 Å². The fourth-order valence-electron chi connectivity index (χ4n) is 1.87. The number of hydrogen-bond acceptors (Lipinski definition) is 3. The number of phenolic OH excluding ortho intramolecular Hbond substituents is 1. The lowest BCUT2D eigenvalue weighted by Gasteiger charge is -2.11. The predicted molar refractivity (Wildman–Crippen MR) is 89.5 cm³/mol. The summed E-state index contributed by atoms with van der Waals surface area (Å²) in [5, 5.41) is 9.43. The maximum absolute atomic E-state index is 12.3. The van der Waals surface area contributed by atoms with Crippen molar-refractivity contribution in [2.75, 3.05) is 4.72 Å². The first-order chi connectivity index (χ1) is 10.2. The summed E-state index contributed by atoms with van der Waals surface area (Å²) in [5.41, 5.74) is 1.23. The van der Waals surface area contributed by atoms with Crippen molar-refractivity contribution in [2.45, 2.75) is 24.7 Å². The minimum absolute atomic E-state index is 0.0274. The third-order valence-electron chi connectivity index (χ3n) is 3.13. The number of phenols is 1. The van der Waals surface area contributed by atoms with E-state index in [4.69, 9.17) is 23.2 Å². The van der Waals surface area contributed by atoms with Gasteiger partial charge in [0, 0.05) is 0 Å². The van der Waals surface area contributed by atoms with Gasteiger partial charge in [-0.3, -0.25) is 4.72 Å². The number of aromatic hydroxyl groups is 1. The summed E-state index contributed by atoms with van der Waals surface area (Å²) in [5.74, 6) is 0.0343. The molecule has 0 heterocycles. The highest BCUT2D eigenvalue weighted by Crippen LogP contribution is 2.35. The molecular formula is C15H15Cl2NO3S. The number of anilines is 1. The lowest BCUT2D eigenvalue weighted by molar-refractivity contribution is 0.476. The molecule has 0 bridgehead atoms. The van der Waals surface area contributed by atoms with Crippen LogP contribution in [0.2, 0.25) is 10.0 Å². The van der Waals surface area contributed by atoms with Crippen LogP contribution in [-0.2, 0) is 10.0 Å². The number of halogens is 2. The maximum Gasteiger partial charge on any atom is 0.261 e. The van der Waals surface area contributed by atoms with Crippen LogP contribution in [0.25, 0.3) is 0 Å². The van der Waals surface area contributed by atoms with E-state index in [0.717, 1.165) is 5.56 Å². The standard InChI is InChI=1S/C15H15Cl2NO3S/c1-9(2)10-3-5-12(6-4-10)22(20,21)18-11-7-13(16)15(19)14(17)8-11/h3-9,18-19H,1-2H3. The van der Waals surface area contributed by atoms with Gasteiger partial charge in [0.25, 0.3) is 10.0 Å². The first-order valence-electron chi connectivity index (χ1n) is 6.51. The molecule has 22 heavy (non-hydrogen) atoms. The molecule has 2 N–H and O–H groups in total. The SMILES string of the molecule is CC(C)c1ccc(S(=O)(=O)Nc2cc(Cl)c(O)c(Cl)c2)cc1. The van der Waals surface area contributed by atoms with Gasteiger partial charge in [-0.2, -0.15) is 0 Å². The number of benzene rings is 2. The molecule has 4 nitrogen and oxygen atoms in total. The molecule has 0 radical (unpaired) electrons.